The zero-order valence-electron chi connectivity index (χ0n) is 16.4. The predicted octanol–water partition coefficient (Wildman–Crippen LogP) is 4.30. The van der Waals surface area contributed by atoms with Gasteiger partial charge < -0.3 is 11.1 Å². The fraction of sp³-hybridized carbons (Fsp3) is 0.273. The molecule has 0 spiro atoms. The van der Waals surface area contributed by atoms with Crippen molar-refractivity contribution >= 4 is 39.9 Å². The summed E-state index contributed by atoms with van der Waals surface area (Å²) >= 11 is 2.99. The van der Waals surface area contributed by atoms with Crippen LogP contribution in [0.2, 0.25) is 0 Å². The molecule has 4 rings (SSSR count). The summed E-state index contributed by atoms with van der Waals surface area (Å²) in [6.07, 6.45) is 5.82. The monoisotopic (exact) mass is 438 g/mol. The lowest BCUT2D eigenvalue weighted by molar-refractivity contribution is -0.115. The van der Waals surface area contributed by atoms with Crippen molar-refractivity contribution in [3.8, 4) is 11.3 Å². The molecule has 2 heterocycles. The molecule has 1 aromatic carbocycles. The number of hydrogen-bond donors (Lipinski definition) is 2. The lowest BCUT2D eigenvalue weighted by Gasteiger charge is -2.11. The minimum absolute atomic E-state index is 0.124. The van der Waals surface area contributed by atoms with Crippen molar-refractivity contribution in [2.24, 2.45) is 5.73 Å². The molecule has 1 aliphatic rings. The normalized spacial score (nSPS) is 12.9. The number of anilines is 1. The molecule has 1 aliphatic carbocycles. The van der Waals surface area contributed by atoms with Gasteiger partial charge in [-0.1, -0.05) is 30.3 Å². The Labute approximate surface area is 183 Å². The number of nitrogens with two attached hydrogens (primary N) is 1. The highest BCUT2D eigenvalue weighted by atomic mass is 32.2. The molecule has 8 heteroatoms. The van der Waals surface area contributed by atoms with Crippen LogP contribution in [0.5, 0.6) is 0 Å². The fourth-order valence-electron chi connectivity index (χ4n) is 3.54. The van der Waals surface area contributed by atoms with Gasteiger partial charge in [-0.05, 0) is 37.3 Å². The smallest absolute Gasteiger partial charge is 0.251 e. The number of primary amides is 1. The fourth-order valence-corrected chi connectivity index (χ4v) is 5.66. The van der Waals surface area contributed by atoms with Crippen molar-refractivity contribution < 1.29 is 9.59 Å². The molecule has 3 N–H and O–H groups in total. The molecule has 2 aromatic heterocycles. The standard InChI is InChI=1S/C22H22N4O2S2/c23-21(28)20-15-8-4-5-9-17(15)30-22(20)26-18(27)10-11-29-19-12-16(24-13-25-19)14-6-2-1-3-7-14/h1-3,6-7,12-13H,4-5,8-11H2,(H2,23,28)(H,26,27). The van der Waals surface area contributed by atoms with Crippen molar-refractivity contribution in [3.05, 3.63) is 58.7 Å². The van der Waals surface area contributed by atoms with Crippen molar-refractivity contribution in [1.29, 1.82) is 0 Å². The lowest BCUT2D eigenvalue weighted by Crippen LogP contribution is -2.18. The number of nitrogens with zero attached hydrogens (tertiary/aromatic N) is 2. The maximum absolute atomic E-state index is 12.5. The SMILES string of the molecule is NC(=O)c1c(NC(=O)CCSc2cc(-c3ccccc3)ncn2)sc2c1CCCC2. The minimum atomic E-state index is -0.464. The number of benzene rings is 1. The van der Waals surface area contributed by atoms with E-state index in [1.165, 1.54) is 28.0 Å². The molecule has 0 saturated carbocycles. The van der Waals surface area contributed by atoms with Gasteiger partial charge in [-0.25, -0.2) is 9.97 Å². The van der Waals surface area contributed by atoms with Crippen LogP contribution in [0.4, 0.5) is 5.00 Å². The summed E-state index contributed by atoms with van der Waals surface area (Å²) in [6, 6.07) is 11.8. The van der Waals surface area contributed by atoms with E-state index in [0.717, 1.165) is 47.5 Å². The van der Waals surface area contributed by atoms with Gasteiger partial charge in [-0.3, -0.25) is 9.59 Å². The van der Waals surface area contributed by atoms with Crippen molar-refractivity contribution in [2.75, 3.05) is 11.1 Å². The maximum Gasteiger partial charge on any atom is 0.251 e. The molecule has 30 heavy (non-hydrogen) atoms. The Bertz CT molecular complexity index is 1070. The minimum Gasteiger partial charge on any atom is -0.365 e. The molecule has 0 fully saturated rings. The Morgan fingerprint density at radius 1 is 1.13 bits per heavy atom. The Hall–Kier alpha value is -2.71. The van der Waals surface area contributed by atoms with E-state index in [1.807, 2.05) is 36.4 Å². The zero-order chi connectivity index (χ0) is 20.9. The van der Waals surface area contributed by atoms with Crippen LogP contribution in [0, 0.1) is 0 Å². The number of carbonyl (C=O) groups is 2. The highest BCUT2D eigenvalue weighted by Gasteiger charge is 2.24. The number of thioether (sulfide) groups is 1. The van der Waals surface area contributed by atoms with E-state index < -0.39 is 5.91 Å². The number of fused-ring (bicyclic) bond motifs is 1. The highest BCUT2D eigenvalue weighted by Crippen LogP contribution is 2.38. The van der Waals surface area contributed by atoms with E-state index in [4.69, 9.17) is 5.73 Å². The van der Waals surface area contributed by atoms with Crippen LogP contribution in [0.3, 0.4) is 0 Å². The Morgan fingerprint density at radius 3 is 2.73 bits per heavy atom. The van der Waals surface area contributed by atoms with Gasteiger partial charge >= 0.3 is 0 Å². The van der Waals surface area contributed by atoms with Gasteiger partial charge in [-0.2, -0.15) is 0 Å². The van der Waals surface area contributed by atoms with Gasteiger partial charge in [0, 0.05) is 22.6 Å². The van der Waals surface area contributed by atoms with Gasteiger partial charge in [0.2, 0.25) is 5.91 Å². The average molecular weight is 439 g/mol. The van der Waals surface area contributed by atoms with E-state index in [1.54, 1.807) is 6.33 Å². The van der Waals surface area contributed by atoms with Crippen LogP contribution in [0.1, 0.15) is 40.1 Å². The van der Waals surface area contributed by atoms with Gasteiger partial charge in [-0.15, -0.1) is 23.1 Å². The van der Waals surface area contributed by atoms with Gasteiger partial charge in [0.1, 0.15) is 11.3 Å². The first-order chi connectivity index (χ1) is 14.6. The van der Waals surface area contributed by atoms with Crippen LogP contribution < -0.4 is 11.1 Å². The first kappa shape index (κ1) is 20.6. The molecule has 0 bridgehead atoms. The van der Waals surface area contributed by atoms with Crippen LogP contribution in [0.25, 0.3) is 11.3 Å². The summed E-state index contributed by atoms with van der Waals surface area (Å²) < 4.78 is 0. The summed E-state index contributed by atoms with van der Waals surface area (Å²) in [5.74, 6) is -0.0110. The van der Waals surface area contributed by atoms with Crippen LogP contribution in [0.15, 0.2) is 47.8 Å². The second kappa shape index (κ2) is 9.40. The Morgan fingerprint density at radius 2 is 1.93 bits per heavy atom. The van der Waals surface area contributed by atoms with Gasteiger partial charge in [0.25, 0.3) is 5.91 Å². The summed E-state index contributed by atoms with van der Waals surface area (Å²) in [5, 5.41) is 4.32. The maximum atomic E-state index is 12.5. The van der Waals surface area contributed by atoms with Crippen molar-refractivity contribution in [2.45, 2.75) is 37.1 Å². The molecule has 0 unspecified atom stereocenters. The molecule has 3 aromatic rings. The second-order valence-electron chi connectivity index (χ2n) is 7.03. The number of hydrogen-bond acceptors (Lipinski definition) is 6. The van der Waals surface area contributed by atoms with Crippen molar-refractivity contribution in [3.63, 3.8) is 0 Å². The van der Waals surface area contributed by atoms with E-state index in [0.29, 0.717) is 22.7 Å². The summed E-state index contributed by atoms with van der Waals surface area (Å²) in [7, 11) is 0. The van der Waals surface area contributed by atoms with E-state index in [-0.39, 0.29) is 5.91 Å². The zero-order valence-corrected chi connectivity index (χ0v) is 18.0. The molecule has 0 atom stereocenters. The lowest BCUT2D eigenvalue weighted by atomic mass is 9.95. The van der Waals surface area contributed by atoms with Gasteiger partial charge in [0.05, 0.1) is 16.3 Å². The predicted molar refractivity (Wildman–Crippen MR) is 121 cm³/mol. The summed E-state index contributed by atoms with van der Waals surface area (Å²) in [4.78, 5) is 34.2. The summed E-state index contributed by atoms with van der Waals surface area (Å²) in [6.45, 7) is 0. The molecule has 6 nitrogen and oxygen atoms in total. The average Bonchev–Trinajstić information content (AvgIpc) is 3.12. The third-order valence-corrected chi connectivity index (χ3v) is 7.10. The number of aryl methyl sites for hydroxylation is 1. The number of aromatic nitrogens is 2. The van der Waals surface area contributed by atoms with Crippen LogP contribution in [-0.2, 0) is 17.6 Å². The molecular formula is C22H22N4O2S2. The summed E-state index contributed by atoms with van der Waals surface area (Å²) in [5.41, 5.74) is 9.00. The molecule has 154 valence electrons. The Kier molecular flexibility index (Phi) is 6.44. The first-order valence-corrected chi connectivity index (χ1v) is 11.7. The quantitative estimate of drug-likeness (QED) is 0.423. The second-order valence-corrected chi connectivity index (χ2v) is 9.25. The number of nitrogens with one attached hydrogen (secondary N) is 1. The third kappa shape index (κ3) is 4.71. The van der Waals surface area contributed by atoms with Crippen molar-refractivity contribution in [1.82, 2.24) is 9.97 Å². The molecule has 0 saturated heterocycles. The first-order valence-electron chi connectivity index (χ1n) is 9.86. The Balaban J connectivity index is 1.36. The topological polar surface area (TPSA) is 98.0 Å². The number of thiophene rings is 1. The molecular weight excluding hydrogens is 416 g/mol. The molecule has 0 aliphatic heterocycles. The number of rotatable bonds is 7. The largest absolute Gasteiger partial charge is 0.365 e. The van der Waals surface area contributed by atoms with E-state index in [2.05, 4.69) is 15.3 Å². The van der Waals surface area contributed by atoms with E-state index in [9.17, 15) is 9.59 Å². The third-order valence-electron chi connectivity index (χ3n) is 4.96. The number of carbonyl (C=O) groups excluding carboxylic acids is 2. The highest BCUT2D eigenvalue weighted by molar-refractivity contribution is 7.99. The van der Waals surface area contributed by atoms with Gasteiger partial charge in [0.15, 0.2) is 0 Å². The number of amides is 2. The van der Waals surface area contributed by atoms with Crippen LogP contribution in [-0.4, -0.2) is 27.5 Å². The molecule has 2 amide bonds. The molecule has 0 radical (unpaired) electrons. The van der Waals surface area contributed by atoms with E-state index >= 15 is 0 Å². The van der Waals surface area contributed by atoms with Crippen LogP contribution >= 0.6 is 23.1 Å².